The summed E-state index contributed by atoms with van der Waals surface area (Å²) < 4.78 is 6.90. The zero-order valence-corrected chi connectivity index (χ0v) is 16.5. The van der Waals surface area contributed by atoms with Gasteiger partial charge in [-0.1, -0.05) is 36.4 Å². The maximum atomic E-state index is 12.6. The van der Waals surface area contributed by atoms with Crippen molar-refractivity contribution in [3.63, 3.8) is 0 Å². The van der Waals surface area contributed by atoms with Crippen LogP contribution < -0.4 is 10.1 Å². The molecule has 0 saturated carbocycles. The van der Waals surface area contributed by atoms with E-state index in [0.717, 1.165) is 22.5 Å². The molecule has 0 atom stereocenters. The van der Waals surface area contributed by atoms with E-state index in [1.807, 2.05) is 62.4 Å². The lowest BCUT2D eigenvalue weighted by Gasteiger charge is -2.11. The van der Waals surface area contributed by atoms with Crippen LogP contribution in [-0.2, 0) is 11.2 Å². The zero-order chi connectivity index (χ0) is 20.4. The molecule has 2 aromatic heterocycles. The van der Waals surface area contributed by atoms with Gasteiger partial charge in [-0.15, -0.1) is 5.10 Å². The van der Waals surface area contributed by atoms with Crippen molar-refractivity contribution in [3.05, 3.63) is 71.5 Å². The maximum Gasteiger partial charge on any atom is 0.253 e. The van der Waals surface area contributed by atoms with E-state index in [4.69, 9.17) is 4.74 Å². The first-order valence-corrected chi connectivity index (χ1v) is 9.27. The van der Waals surface area contributed by atoms with E-state index in [1.54, 1.807) is 17.7 Å². The smallest absolute Gasteiger partial charge is 0.253 e. The van der Waals surface area contributed by atoms with E-state index < -0.39 is 0 Å². The lowest BCUT2D eigenvalue weighted by atomic mass is 10.1. The summed E-state index contributed by atoms with van der Waals surface area (Å²) >= 11 is 0. The number of fused-ring (bicyclic) bond motifs is 1. The molecule has 4 aromatic rings. The molecule has 0 fully saturated rings. The van der Waals surface area contributed by atoms with E-state index in [1.165, 1.54) is 0 Å². The van der Waals surface area contributed by atoms with Crippen LogP contribution in [0.15, 0.2) is 54.6 Å². The molecule has 146 valence electrons. The SMILES string of the molecule is COc1cccc(NC(=O)Cc2c(C)nc3nc(-c4ccccc4)nn3c2C)c1. The Balaban J connectivity index is 1.62. The van der Waals surface area contributed by atoms with Gasteiger partial charge in [0.15, 0.2) is 5.82 Å². The van der Waals surface area contributed by atoms with Gasteiger partial charge >= 0.3 is 0 Å². The summed E-state index contributed by atoms with van der Waals surface area (Å²) in [6.07, 6.45) is 0.193. The molecule has 0 spiro atoms. The highest BCUT2D eigenvalue weighted by Crippen LogP contribution is 2.20. The fourth-order valence-electron chi connectivity index (χ4n) is 3.24. The minimum absolute atomic E-state index is 0.131. The van der Waals surface area contributed by atoms with Crippen LogP contribution in [0.2, 0.25) is 0 Å². The lowest BCUT2D eigenvalue weighted by Crippen LogP contribution is -2.17. The molecule has 29 heavy (non-hydrogen) atoms. The number of hydrogen-bond acceptors (Lipinski definition) is 5. The first-order chi connectivity index (χ1) is 14.0. The summed E-state index contributed by atoms with van der Waals surface area (Å²) in [4.78, 5) is 21.7. The number of nitrogens with zero attached hydrogens (tertiary/aromatic N) is 4. The minimum Gasteiger partial charge on any atom is -0.497 e. The van der Waals surface area contributed by atoms with Crippen LogP contribution in [0.1, 0.15) is 17.0 Å². The van der Waals surface area contributed by atoms with Crippen LogP contribution in [-0.4, -0.2) is 32.6 Å². The molecule has 7 nitrogen and oxygen atoms in total. The second-order valence-corrected chi connectivity index (χ2v) is 6.73. The van der Waals surface area contributed by atoms with Gasteiger partial charge in [-0.05, 0) is 26.0 Å². The summed E-state index contributed by atoms with van der Waals surface area (Å²) in [6.45, 7) is 3.82. The van der Waals surface area contributed by atoms with Gasteiger partial charge < -0.3 is 10.1 Å². The van der Waals surface area contributed by atoms with Crippen LogP contribution in [0.5, 0.6) is 5.75 Å². The molecule has 0 aliphatic heterocycles. The lowest BCUT2D eigenvalue weighted by molar-refractivity contribution is -0.115. The van der Waals surface area contributed by atoms with E-state index in [0.29, 0.717) is 23.0 Å². The summed E-state index contributed by atoms with van der Waals surface area (Å²) in [7, 11) is 1.59. The van der Waals surface area contributed by atoms with E-state index in [-0.39, 0.29) is 12.3 Å². The molecule has 0 radical (unpaired) electrons. The van der Waals surface area contributed by atoms with Gasteiger partial charge in [-0.2, -0.15) is 4.98 Å². The third kappa shape index (κ3) is 3.80. The second-order valence-electron chi connectivity index (χ2n) is 6.73. The highest BCUT2D eigenvalue weighted by atomic mass is 16.5. The van der Waals surface area contributed by atoms with Gasteiger partial charge in [0.1, 0.15) is 5.75 Å². The molecule has 4 rings (SSSR count). The number of nitrogens with one attached hydrogen (secondary N) is 1. The number of aromatic nitrogens is 4. The molecule has 0 unspecified atom stereocenters. The van der Waals surface area contributed by atoms with Crippen molar-refractivity contribution >= 4 is 17.4 Å². The van der Waals surface area contributed by atoms with Crippen LogP contribution in [0.25, 0.3) is 17.2 Å². The van der Waals surface area contributed by atoms with Crippen LogP contribution >= 0.6 is 0 Å². The zero-order valence-electron chi connectivity index (χ0n) is 16.5. The molecule has 7 heteroatoms. The summed E-state index contributed by atoms with van der Waals surface area (Å²) in [5.41, 5.74) is 4.06. The molecule has 0 saturated heterocycles. The first-order valence-electron chi connectivity index (χ1n) is 9.27. The van der Waals surface area contributed by atoms with Crippen molar-refractivity contribution in [2.75, 3.05) is 12.4 Å². The summed E-state index contributed by atoms with van der Waals surface area (Å²) in [5, 5.41) is 7.50. The number of amides is 1. The minimum atomic E-state index is -0.131. The number of rotatable bonds is 5. The van der Waals surface area contributed by atoms with Gasteiger partial charge in [0.05, 0.1) is 13.5 Å². The predicted molar refractivity (Wildman–Crippen MR) is 111 cm³/mol. The maximum absolute atomic E-state index is 12.6. The third-order valence-electron chi connectivity index (χ3n) is 4.77. The Morgan fingerprint density at radius 1 is 1.07 bits per heavy atom. The molecule has 2 heterocycles. The normalized spacial score (nSPS) is 10.9. The number of methoxy groups -OCH3 is 1. The van der Waals surface area contributed by atoms with Gasteiger partial charge in [-0.3, -0.25) is 4.79 Å². The Bertz CT molecular complexity index is 1180. The average molecular weight is 387 g/mol. The Morgan fingerprint density at radius 2 is 1.86 bits per heavy atom. The largest absolute Gasteiger partial charge is 0.497 e. The second kappa shape index (κ2) is 7.71. The first kappa shape index (κ1) is 18.6. The summed E-state index contributed by atoms with van der Waals surface area (Å²) in [6, 6.07) is 17.0. The van der Waals surface area contributed by atoms with Gasteiger partial charge in [-0.25, -0.2) is 9.50 Å². The predicted octanol–water partition coefficient (Wildman–Crippen LogP) is 3.60. The molecule has 1 N–H and O–H groups in total. The van der Waals surface area contributed by atoms with Crippen molar-refractivity contribution in [2.24, 2.45) is 0 Å². The Kier molecular flexibility index (Phi) is 4.95. The molecule has 0 aliphatic carbocycles. The molecule has 2 aromatic carbocycles. The van der Waals surface area contributed by atoms with E-state index in [2.05, 4.69) is 20.4 Å². The van der Waals surface area contributed by atoms with Crippen molar-refractivity contribution < 1.29 is 9.53 Å². The number of carbonyl (C=O) groups is 1. The highest BCUT2D eigenvalue weighted by Gasteiger charge is 2.17. The molecular weight excluding hydrogens is 366 g/mol. The Labute approximate surface area is 168 Å². The number of anilines is 1. The van der Waals surface area contributed by atoms with Crippen LogP contribution in [0.4, 0.5) is 5.69 Å². The number of ether oxygens (including phenoxy) is 1. The van der Waals surface area contributed by atoms with Gasteiger partial charge in [0.2, 0.25) is 5.91 Å². The van der Waals surface area contributed by atoms with Crippen molar-refractivity contribution in [1.29, 1.82) is 0 Å². The standard InChI is InChI=1S/C22H21N5O2/c1-14-19(13-20(28)24-17-10-7-11-18(12-17)29-3)15(2)27-22(23-14)25-21(26-27)16-8-5-4-6-9-16/h4-12H,13H2,1-3H3,(H,24,28). The van der Waals surface area contributed by atoms with E-state index >= 15 is 0 Å². The number of aryl methyl sites for hydroxylation is 2. The van der Waals surface area contributed by atoms with Crippen molar-refractivity contribution in [3.8, 4) is 17.1 Å². The van der Waals surface area contributed by atoms with Crippen molar-refractivity contribution in [1.82, 2.24) is 19.6 Å². The fraction of sp³-hybridized carbons (Fsp3) is 0.182. The Morgan fingerprint density at radius 3 is 2.62 bits per heavy atom. The van der Waals surface area contributed by atoms with Crippen LogP contribution in [0, 0.1) is 13.8 Å². The average Bonchev–Trinajstić information content (AvgIpc) is 3.16. The third-order valence-corrected chi connectivity index (χ3v) is 4.77. The van der Waals surface area contributed by atoms with Gasteiger partial charge in [0, 0.05) is 34.3 Å². The van der Waals surface area contributed by atoms with Gasteiger partial charge in [0.25, 0.3) is 5.78 Å². The quantitative estimate of drug-likeness (QED) is 0.566. The number of hydrogen-bond donors (Lipinski definition) is 1. The monoisotopic (exact) mass is 387 g/mol. The number of benzene rings is 2. The van der Waals surface area contributed by atoms with E-state index in [9.17, 15) is 4.79 Å². The molecular formula is C22H21N5O2. The highest BCUT2D eigenvalue weighted by molar-refractivity contribution is 5.92. The number of carbonyl (C=O) groups excluding carboxylic acids is 1. The molecule has 1 amide bonds. The molecule has 0 bridgehead atoms. The van der Waals surface area contributed by atoms with Crippen LogP contribution in [0.3, 0.4) is 0 Å². The molecule has 0 aliphatic rings. The Hall–Kier alpha value is -3.74. The topological polar surface area (TPSA) is 81.4 Å². The van der Waals surface area contributed by atoms with Crippen molar-refractivity contribution in [2.45, 2.75) is 20.3 Å². The fourth-order valence-corrected chi connectivity index (χ4v) is 3.24. The summed E-state index contributed by atoms with van der Waals surface area (Å²) in [5.74, 6) is 1.69.